The molecule has 0 saturated heterocycles. The predicted octanol–water partition coefficient (Wildman–Crippen LogP) is 4.03. The summed E-state index contributed by atoms with van der Waals surface area (Å²) >= 11 is 0. The van der Waals surface area contributed by atoms with Gasteiger partial charge in [-0.3, -0.25) is 25.0 Å². The number of rotatable bonds is 8. The van der Waals surface area contributed by atoms with Crippen LogP contribution in [0.15, 0.2) is 52.9 Å². The van der Waals surface area contributed by atoms with Crippen LogP contribution in [-0.4, -0.2) is 26.9 Å². The molecule has 0 spiro atoms. The van der Waals surface area contributed by atoms with Crippen LogP contribution < -0.4 is 10.6 Å². The van der Waals surface area contributed by atoms with Gasteiger partial charge < -0.3 is 9.73 Å². The van der Waals surface area contributed by atoms with Crippen molar-refractivity contribution in [3.63, 3.8) is 0 Å². The minimum atomic E-state index is -0.528. The van der Waals surface area contributed by atoms with Crippen LogP contribution in [0.25, 0.3) is 11.5 Å². The molecule has 0 aliphatic rings. The molecule has 2 amide bonds. The number of anilines is 2. The molecule has 30 heavy (non-hydrogen) atoms. The summed E-state index contributed by atoms with van der Waals surface area (Å²) in [5.41, 5.74) is 1.03. The molecular formula is C20H19N5O5. The lowest BCUT2D eigenvalue weighted by molar-refractivity contribution is -0.384. The second-order valence-electron chi connectivity index (χ2n) is 6.37. The van der Waals surface area contributed by atoms with Crippen molar-refractivity contribution in [1.82, 2.24) is 10.2 Å². The van der Waals surface area contributed by atoms with Crippen LogP contribution >= 0.6 is 0 Å². The number of amides is 2. The Morgan fingerprint density at radius 3 is 2.50 bits per heavy atom. The first-order valence-electron chi connectivity index (χ1n) is 9.26. The Balaban J connectivity index is 1.71. The number of unbranched alkanes of at least 4 members (excludes halogenated alkanes) is 1. The van der Waals surface area contributed by atoms with Gasteiger partial charge in [-0.2, -0.15) is 0 Å². The number of nitrogens with zero attached hydrogens (tertiary/aromatic N) is 3. The Morgan fingerprint density at radius 2 is 1.80 bits per heavy atom. The highest BCUT2D eigenvalue weighted by Crippen LogP contribution is 2.23. The van der Waals surface area contributed by atoms with Gasteiger partial charge >= 0.3 is 6.01 Å². The summed E-state index contributed by atoms with van der Waals surface area (Å²) in [5, 5.41) is 23.6. The fraction of sp³-hybridized carbons (Fsp3) is 0.200. The van der Waals surface area contributed by atoms with Crippen molar-refractivity contribution in [3.8, 4) is 11.5 Å². The Hall–Kier alpha value is -4.08. The van der Waals surface area contributed by atoms with Crippen molar-refractivity contribution in [3.05, 3.63) is 64.2 Å². The third kappa shape index (κ3) is 5.04. The molecule has 1 heterocycles. The Labute approximate surface area is 171 Å². The van der Waals surface area contributed by atoms with Crippen LogP contribution in [0.1, 0.15) is 36.5 Å². The van der Waals surface area contributed by atoms with Crippen LogP contribution in [0.4, 0.5) is 17.4 Å². The molecule has 0 aliphatic heterocycles. The number of hydrogen-bond donors (Lipinski definition) is 2. The van der Waals surface area contributed by atoms with Crippen molar-refractivity contribution >= 4 is 29.2 Å². The van der Waals surface area contributed by atoms with Gasteiger partial charge in [0.05, 0.1) is 16.2 Å². The van der Waals surface area contributed by atoms with E-state index in [4.69, 9.17) is 4.42 Å². The number of hydrogen-bond acceptors (Lipinski definition) is 7. The van der Waals surface area contributed by atoms with Crippen LogP contribution in [0.2, 0.25) is 0 Å². The number of nitro groups is 1. The highest BCUT2D eigenvalue weighted by atomic mass is 16.6. The first-order chi connectivity index (χ1) is 14.5. The summed E-state index contributed by atoms with van der Waals surface area (Å²) in [6.45, 7) is 1.99. The van der Waals surface area contributed by atoms with Gasteiger partial charge in [0, 0.05) is 24.1 Å². The Kier molecular flexibility index (Phi) is 6.48. The Morgan fingerprint density at radius 1 is 1.07 bits per heavy atom. The van der Waals surface area contributed by atoms with Crippen molar-refractivity contribution in [2.75, 3.05) is 10.6 Å². The number of benzene rings is 2. The zero-order chi connectivity index (χ0) is 21.5. The van der Waals surface area contributed by atoms with E-state index >= 15 is 0 Å². The lowest BCUT2D eigenvalue weighted by atomic mass is 10.1. The molecule has 154 valence electrons. The normalized spacial score (nSPS) is 10.4. The third-order valence-corrected chi connectivity index (χ3v) is 4.17. The van der Waals surface area contributed by atoms with E-state index in [1.807, 2.05) is 6.92 Å². The summed E-state index contributed by atoms with van der Waals surface area (Å²) in [6, 6.07) is 12.0. The van der Waals surface area contributed by atoms with Crippen LogP contribution in [0.5, 0.6) is 0 Å². The minimum Gasteiger partial charge on any atom is -0.403 e. The maximum atomic E-state index is 12.6. The number of carbonyl (C=O) groups excluding carboxylic acids is 2. The van der Waals surface area contributed by atoms with Crippen molar-refractivity contribution < 1.29 is 18.9 Å². The van der Waals surface area contributed by atoms with E-state index in [0.29, 0.717) is 17.7 Å². The zero-order valence-corrected chi connectivity index (χ0v) is 16.1. The molecule has 1 aromatic heterocycles. The number of nitro benzene ring substituents is 1. The van der Waals surface area contributed by atoms with E-state index < -0.39 is 10.8 Å². The molecule has 3 aromatic rings. The average molecular weight is 409 g/mol. The molecule has 0 saturated carbocycles. The lowest BCUT2D eigenvalue weighted by Crippen LogP contribution is -2.18. The number of nitrogens with one attached hydrogen (secondary N) is 2. The number of para-hydroxylation sites is 1. The van der Waals surface area contributed by atoms with E-state index in [1.165, 1.54) is 24.3 Å². The van der Waals surface area contributed by atoms with Gasteiger partial charge in [-0.1, -0.05) is 30.6 Å². The fourth-order valence-electron chi connectivity index (χ4n) is 2.62. The molecule has 0 atom stereocenters. The highest BCUT2D eigenvalue weighted by molar-refractivity contribution is 6.09. The molecule has 2 aromatic carbocycles. The van der Waals surface area contributed by atoms with Gasteiger partial charge in [-0.05, 0) is 30.7 Å². The van der Waals surface area contributed by atoms with E-state index in [2.05, 4.69) is 20.8 Å². The smallest absolute Gasteiger partial charge is 0.322 e. The topological polar surface area (TPSA) is 140 Å². The van der Waals surface area contributed by atoms with E-state index in [9.17, 15) is 19.7 Å². The van der Waals surface area contributed by atoms with E-state index in [1.54, 1.807) is 24.3 Å². The van der Waals surface area contributed by atoms with E-state index in [0.717, 1.165) is 12.8 Å². The molecule has 0 fully saturated rings. The van der Waals surface area contributed by atoms with Crippen molar-refractivity contribution in [2.45, 2.75) is 26.2 Å². The van der Waals surface area contributed by atoms with Crippen LogP contribution in [0.3, 0.4) is 0 Å². The summed E-state index contributed by atoms with van der Waals surface area (Å²) < 4.78 is 5.42. The van der Waals surface area contributed by atoms with Gasteiger partial charge in [0.25, 0.3) is 11.6 Å². The summed E-state index contributed by atoms with van der Waals surface area (Å²) in [6.07, 6.45) is 2.02. The first kappa shape index (κ1) is 20.6. The fourth-order valence-corrected chi connectivity index (χ4v) is 2.62. The van der Waals surface area contributed by atoms with E-state index in [-0.39, 0.29) is 29.1 Å². The van der Waals surface area contributed by atoms with Crippen LogP contribution in [-0.2, 0) is 4.79 Å². The molecule has 0 unspecified atom stereocenters. The number of non-ortho nitro benzene ring substituents is 1. The monoisotopic (exact) mass is 409 g/mol. The average Bonchev–Trinajstić information content (AvgIpc) is 3.21. The third-order valence-electron chi connectivity index (χ3n) is 4.17. The molecule has 10 heteroatoms. The quantitative estimate of drug-likeness (QED) is 0.423. The van der Waals surface area contributed by atoms with Gasteiger partial charge in [-0.25, -0.2) is 0 Å². The second-order valence-corrected chi connectivity index (χ2v) is 6.37. The molecule has 0 radical (unpaired) electrons. The summed E-state index contributed by atoms with van der Waals surface area (Å²) in [7, 11) is 0. The SMILES string of the molecule is CCCCC(=O)Nc1ccccc1C(=O)Nc1nnc(-c2ccc([N+](=O)[O-])cc2)o1. The van der Waals surface area contributed by atoms with Gasteiger partial charge in [0.1, 0.15) is 0 Å². The second kappa shape index (κ2) is 9.41. The zero-order valence-electron chi connectivity index (χ0n) is 16.1. The van der Waals surface area contributed by atoms with Gasteiger partial charge in [-0.15, -0.1) is 5.10 Å². The van der Waals surface area contributed by atoms with Gasteiger partial charge in [0.15, 0.2) is 0 Å². The predicted molar refractivity (Wildman–Crippen MR) is 109 cm³/mol. The summed E-state index contributed by atoms with van der Waals surface area (Å²) in [4.78, 5) is 34.9. The van der Waals surface area contributed by atoms with Crippen molar-refractivity contribution in [1.29, 1.82) is 0 Å². The maximum absolute atomic E-state index is 12.6. The standard InChI is InChI=1S/C20H19N5O5/c1-2-3-8-17(26)21-16-7-5-4-6-15(16)18(27)22-20-24-23-19(30-20)13-9-11-14(12-10-13)25(28)29/h4-7,9-12H,2-3,8H2,1H3,(H,21,26)(H,22,24,27). The van der Waals surface area contributed by atoms with Gasteiger partial charge in [0.2, 0.25) is 11.8 Å². The Bertz CT molecular complexity index is 1060. The molecule has 10 nitrogen and oxygen atoms in total. The lowest BCUT2D eigenvalue weighted by Gasteiger charge is -2.10. The largest absolute Gasteiger partial charge is 0.403 e. The van der Waals surface area contributed by atoms with Crippen LogP contribution in [0, 0.1) is 10.1 Å². The molecule has 2 N–H and O–H groups in total. The summed E-state index contributed by atoms with van der Waals surface area (Å²) in [5.74, 6) is -0.600. The minimum absolute atomic E-state index is 0.0654. The molecule has 0 bridgehead atoms. The number of carbonyl (C=O) groups is 2. The number of aromatic nitrogens is 2. The molecule has 0 aliphatic carbocycles. The molecular weight excluding hydrogens is 390 g/mol. The highest BCUT2D eigenvalue weighted by Gasteiger charge is 2.17. The van der Waals surface area contributed by atoms with Crippen molar-refractivity contribution in [2.24, 2.45) is 0 Å². The maximum Gasteiger partial charge on any atom is 0.322 e. The molecule has 3 rings (SSSR count). The first-order valence-corrected chi connectivity index (χ1v) is 9.26.